The Morgan fingerprint density at radius 2 is 1.50 bits per heavy atom. The fourth-order valence-electron chi connectivity index (χ4n) is 1.26. The van der Waals surface area contributed by atoms with Gasteiger partial charge in [0.15, 0.2) is 0 Å². The highest BCUT2D eigenvalue weighted by atomic mass is 35.5. The number of rotatable bonds is 5. The molecule has 1 rings (SSSR count). The lowest BCUT2D eigenvalue weighted by Crippen LogP contribution is -2.53. The van der Waals surface area contributed by atoms with E-state index in [0.717, 1.165) is 12.1 Å². The van der Waals surface area contributed by atoms with Gasteiger partial charge in [0.05, 0.1) is 0 Å². The number of halogens is 8. The second kappa shape index (κ2) is 6.13. The minimum Gasteiger partial charge on any atom is -0.320 e. The molecule has 124 valence electrons. The number of carbonyl (C=O) groups excluding carboxylic acids is 1. The molecule has 0 bridgehead atoms. The molecule has 1 aromatic rings. The van der Waals surface area contributed by atoms with Gasteiger partial charge in [-0.1, -0.05) is 23.2 Å². The van der Waals surface area contributed by atoms with E-state index in [1.54, 1.807) is 0 Å². The molecule has 0 aliphatic rings. The SMILES string of the molecule is CC(F)(F)OC(F)(F)C(F)(F)C(=O)Nc1cc(Cl)cc(Cl)c1. The largest absolute Gasteiger partial charge is 0.433 e. The number of hydrogen-bond donors (Lipinski definition) is 1. The summed E-state index contributed by atoms with van der Waals surface area (Å²) in [7, 11) is 0. The van der Waals surface area contributed by atoms with Crippen LogP contribution in [0.5, 0.6) is 0 Å². The molecule has 0 saturated carbocycles. The zero-order chi connectivity index (χ0) is 17.3. The van der Waals surface area contributed by atoms with E-state index in [4.69, 9.17) is 23.2 Å². The maximum absolute atomic E-state index is 13.3. The van der Waals surface area contributed by atoms with E-state index < -0.39 is 29.7 Å². The molecule has 1 aromatic carbocycles. The van der Waals surface area contributed by atoms with Gasteiger partial charge in [-0.3, -0.25) is 9.53 Å². The highest BCUT2D eigenvalue weighted by Gasteiger charge is 2.66. The van der Waals surface area contributed by atoms with Gasteiger partial charge in [-0.25, -0.2) is 0 Å². The molecular weight excluding hydrogens is 363 g/mol. The van der Waals surface area contributed by atoms with Gasteiger partial charge in [0, 0.05) is 22.7 Å². The number of anilines is 1. The number of hydrogen-bond acceptors (Lipinski definition) is 2. The Bertz CT molecular complexity index is 556. The quantitative estimate of drug-likeness (QED) is 0.757. The molecule has 22 heavy (non-hydrogen) atoms. The molecule has 0 heterocycles. The van der Waals surface area contributed by atoms with Crippen molar-refractivity contribution in [3.8, 4) is 0 Å². The summed E-state index contributed by atoms with van der Waals surface area (Å²) in [5, 5.41) is 1.24. The Kier molecular flexibility index (Phi) is 5.26. The maximum atomic E-state index is 13.3. The summed E-state index contributed by atoms with van der Waals surface area (Å²) in [5.74, 6) is -8.14. The standard InChI is InChI=1S/C11H7Cl2F6NO2/c1-9(14,15)22-11(18,19)10(16,17)8(21)20-7-3-5(12)2-6(13)4-7/h2-4H,1H3,(H,20,21). The Morgan fingerprint density at radius 3 is 1.91 bits per heavy atom. The summed E-state index contributed by atoms with van der Waals surface area (Å²) in [6, 6.07) is 3.07. The van der Waals surface area contributed by atoms with E-state index in [0.29, 0.717) is 0 Å². The fourth-order valence-corrected chi connectivity index (χ4v) is 1.78. The van der Waals surface area contributed by atoms with E-state index in [1.807, 2.05) is 0 Å². The molecule has 0 radical (unpaired) electrons. The molecule has 0 unspecified atom stereocenters. The first-order valence-corrected chi connectivity index (χ1v) is 6.11. The van der Waals surface area contributed by atoms with Crippen molar-refractivity contribution in [2.75, 3.05) is 5.32 Å². The molecule has 0 saturated heterocycles. The van der Waals surface area contributed by atoms with E-state index in [1.165, 1.54) is 11.4 Å². The van der Waals surface area contributed by atoms with Gasteiger partial charge in [0.25, 0.3) is 0 Å². The van der Waals surface area contributed by atoms with Crippen LogP contribution in [0.3, 0.4) is 0 Å². The van der Waals surface area contributed by atoms with Crippen molar-refractivity contribution in [3.63, 3.8) is 0 Å². The monoisotopic (exact) mass is 369 g/mol. The molecule has 1 amide bonds. The number of amides is 1. The van der Waals surface area contributed by atoms with Crippen LogP contribution in [0.25, 0.3) is 0 Å². The van der Waals surface area contributed by atoms with Gasteiger partial charge in [-0.2, -0.15) is 26.3 Å². The Labute approximate surface area is 130 Å². The van der Waals surface area contributed by atoms with Crippen molar-refractivity contribution in [2.24, 2.45) is 0 Å². The smallest absolute Gasteiger partial charge is 0.320 e. The van der Waals surface area contributed by atoms with Gasteiger partial charge in [-0.15, -0.1) is 0 Å². The Balaban J connectivity index is 2.99. The van der Waals surface area contributed by atoms with E-state index in [2.05, 4.69) is 4.74 Å². The second-order valence-electron chi connectivity index (χ2n) is 4.11. The molecule has 0 aliphatic carbocycles. The van der Waals surface area contributed by atoms with Crippen LogP contribution in [0, 0.1) is 0 Å². The van der Waals surface area contributed by atoms with Crippen LogP contribution in [0.15, 0.2) is 18.2 Å². The molecule has 0 fully saturated rings. The van der Waals surface area contributed by atoms with Crippen LogP contribution in [-0.4, -0.2) is 24.0 Å². The van der Waals surface area contributed by atoms with Crippen LogP contribution < -0.4 is 5.32 Å². The van der Waals surface area contributed by atoms with E-state index in [9.17, 15) is 31.1 Å². The number of nitrogens with one attached hydrogen (secondary N) is 1. The van der Waals surface area contributed by atoms with Gasteiger partial charge in [0.1, 0.15) is 0 Å². The number of alkyl halides is 6. The van der Waals surface area contributed by atoms with Crippen molar-refractivity contribution in [2.45, 2.75) is 25.1 Å². The lowest BCUT2D eigenvalue weighted by Gasteiger charge is -2.27. The average Bonchev–Trinajstić information content (AvgIpc) is 2.23. The van der Waals surface area contributed by atoms with E-state index >= 15 is 0 Å². The second-order valence-corrected chi connectivity index (χ2v) is 4.99. The molecule has 11 heteroatoms. The topological polar surface area (TPSA) is 38.3 Å². The van der Waals surface area contributed by atoms with Crippen molar-refractivity contribution < 1.29 is 35.9 Å². The molecule has 3 nitrogen and oxygen atoms in total. The van der Waals surface area contributed by atoms with Crippen LogP contribution in [0.2, 0.25) is 10.0 Å². The van der Waals surface area contributed by atoms with Crippen LogP contribution in [-0.2, 0) is 9.53 Å². The number of carbonyl (C=O) groups is 1. The average molecular weight is 370 g/mol. The molecule has 1 N–H and O–H groups in total. The Hall–Kier alpha value is -1.19. The molecule has 0 aromatic heterocycles. The zero-order valence-electron chi connectivity index (χ0n) is 10.6. The first-order valence-electron chi connectivity index (χ1n) is 5.36. The third-order valence-corrected chi connectivity index (χ3v) is 2.51. The van der Waals surface area contributed by atoms with Crippen LogP contribution in [0.1, 0.15) is 6.92 Å². The minimum atomic E-state index is -5.74. The maximum Gasteiger partial charge on any atom is 0.433 e. The normalized spacial score (nSPS) is 13.1. The summed E-state index contributed by atoms with van der Waals surface area (Å²) < 4.78 is 80.1. The third-order valence-electron chi connectivity index (χ3n) is 2.08. The highest BCUT2D eigenvalue weighted by Crippen LogP contribution is 2.40. The molecular formula is C11H7Cl2F6NO2. The summed E-state index contributed by atoms with van der Waals surface area (Å²) >= 11 is 11.1. The van der Waals surface area contributed by atoms with Gasteiger partial charge < -0.3 is 5.32 Å². The molecule has 0 aliphatic heterocycles. The van der Waals surface area contributed by atoms with Gasteiger partial charge >= 0.3 is 24.0 Å². The van der Waals surface area contributed by atoms with Crippen LogP contribution in [0.4, 0.5) is 32.0 Å². The lowest BCUT2D eigenvalue weighted by molar-refractivity contribution is -0.415. The van der Waals surface area contributed by atoms with Crippen molar-refractivity contribution in [3.05, 3.63) is 28.2 Å². The van der Waals surface area contributed by atoms with Crippen LogP contribution >= 0.6 is 23.2 Å². The predicted octanol–water partition coefficient (Wildman–Crippen LogP) is 4.79. The number of ether oxygens (including phenoxy) is 1. The summed E-state index contributed by atoms with van der Waals surface area (Å²) in [6.07, 6.45) is -10.3. The highest BCUT2D eigenvalue weighted by molar-refractivity contribution is 6.35. The Morgan fingerprint density at radius 1 is 1.05 bits per heavy atom. The zero-order valence-corrected chi connectivity index (χ0v) is 12.1. The minimum absolute atomic E-state index is 0.0748. The predicted molar refractivity (Wildman–Crippen MR) is 66.7 cm³/mol. The van der Waals surface area contributed by atoms with E-state index in [-0.39, 0.29) is 17.0 Å². The summed E-state index contributed by atoms with van der Waals surface area (Å²) in [6.45, 7) is -0.175. The van der Waals surface area contributed by atoms with Crippen molar-refractivity contribution in [1.29, 1.82) is 0 Å². The molecule has 0 spiro atoms. The first-order chi connectivity index (χ1) is 9.74. The number of benzene rings is 1. The van der Waals surface area contributed by atoms with Gasteiger partial charge in [0.2, 0.25) is 0 Å². The molecule has 0 atom stereocenters. The van der Waals surface area contributed by atoms with Crippen molar-refractivity contribution in [1.82, 2.24) is 0 Å². The lowest BCUT2D eigenvalue weighted by atomic mass is 10.2. The summed E-state index contributed by atoms with van der Waals surface area (Å²) in [5.41, 5.74) is -0.429. The summed E-state index contributed by atoms with van der Waals surface area (Å²) in [4.78, 5) is 11.2. The third kappa shape index (κ3) is 4.65. The van der Waals surface area contributed by atoms with Crippen molar-refractivity contribution >= 4 is 34.8 Å². The van der Waals surface area contributed by atoms with Gasteiger partial charge in [-0.05, 0) is 18.2 Å². The fraction of sp³-hybridized carbons (Fsp3) is 0.364. The first kappa shape index (κ1) is 18.9.